The van der Waals surface area contributed by atoms with Gasteiger partial charge in [0.1, 0.15) is 5.69 Å². The molecule has 0 spiro atoms. The van der Waals surface area contributed by atoms with Gasteiger partial charge in [-0.3, -0.25) is 4.90 Å². The SMILES string of the molecule is COC(=O)N1CC/C(=C\C#Cc2cc(C#N)ccn2)C1(C)C. The molecule has 0 saturated carbocycles. The van der Waals surface area contributed by atoms with Crippen LogP contribution in [-0.4, -0.2) is 35.2 Å². The molecule has 22 heavy (non-hydrogen) atoms. The van der Waals surface area contributed by atoms with E-state index in [1.54, 1.807) is 23.2 Å². The van der Waals surface area contributed by atoms with Crippen molar-refractivity contribution in [2.45, 2.75) is 25.8 Å². The van der Waals surface area contributed by atoms with E-state index in [1.807, 2.05) is 19.9 Å². The van der Waals surface area contributed by atoms with Gasteiger partial charge in [0.15, 0.2) is 0 Å². The number of rotatable bonds is 0. The summed E-state index contributed by atoms with van der Waals surface area (Å²) in [7, 11) is 1.38. The standard InChI is InChI=1S/C17H17N3O2/c1-17(2)14(8-10-20(17)16(21)22-3)5-4-6-15-11-13(12-18)7-9-19-15/h5,7,9,11H,8,10H2,1-3H3/b14-5+. The monoisotopic (exact) mass is 295 g/mol. The summed E-state index contributed by atoms with van der Waals surface area (Å²) in [6, 6.07) is 5.34. The number of hydrogen-bond donors (Lipinski definition) is 0. The lowest BCUT2D eigenvalue weighted by Crippen LogP contribution is -2.43. The predicted octanol–water partition coefficient (Wildman–Crippen LogP) is 2.48. The smallest absolute Gasteiger partial charge is 0.410 e. The second-order valence-electron chi connectivity index (χ2n) is 5.41. The van der Waals surface area contributed by atoms with Gasteiger partial charge in [-0.15, -0.1) is 0 Å². The van der Waals surface area contributed by atoms with Crippen LogP contribution < -0.4 is 0 Å². The van der Waals surface area contributed by atoms with Crippen molar-refractivity contribution < 1.29 is 9.53 Å². The molecule has 0 aromatic carbocycles. The minimum Gasteiger partial charge on any atom is -0.453 e. The van der Waals surface area contributed by atoms with Gasteiger partial charge in [0.2, 0.25) is 0 Å². The van der Waals surface area contributed by atoms with Gasteiger partial charge in [-0.25, -0.2) is 9.78 Å². The Labute approximate surface area is 130 Å². The molecule has 5 heteroatoms. The van der Waals surface area contributed by atoms with E-state index in [-0.39, 0.29) is 6.09 Å². The van der Waals surface area contributed by atoms with E-state index in [0.29, 0.717) is 17.8 Å². The van der Waals surface area contributed by atoms with Crippen molar-refractivity contribution in [2.75, 3.05) is 13.7 Å². The summed E-state index contributed by atoms with van der Waals surface area (Å²) in [5.74, 6) is 5.88. The Balaban J connectivity index is 2.20. The van der Waals surface area contributed by atoms with E-state index in [0.717, 1.165) is 12.0 Å². The fraction of sp³-hybridized carbons (Fsp3) is 0.353. The Morgan fingerprint density at radius 2 is 2.32 bits per heavy atom. The normalized spacial score (nSPS) is 17.5. The third-order valence-corrected chi connectivity index (χ3v) is 3.80. The third-order valence-electron chi connectivity index (χ3n) is 3.80. The predicted molar refractivity (Wildman–Crippen MR) is 81.7 cm³/mol. The fourth-order valence-corrected chi connectivity index (χ4v) is 2.44. The Bertz CT molecular complexity index is 717. The number of nitriles is 1. The Morgan fingerprint density at radius 1 is 1.55 bits per heavy atom. The number of ether oxygens (including phenoxy) is 1. The van der Waals surface area contributed by atoms with Crippen molar-refractivity contribution in [3.8, 4) is 17.9 Å². The number of aromatic nitrogens is 1. The zero-order valence-corrected chi connectivity index (χ0v) is 12.9. The van der Waals surface area contributed by atoms with E-state index < -0.39 is 5.54 Å². The van der Waals surface area contributed by atoms with Gasteiger partial charge >= 0.3 is 6.09 Å². The Morgan fingerprint density at radius 3 is 3.00 bits per heavy atom. The van der Waals surface area contributed by atoms with Crippen LogP contribution in [0.5, 0.6) is 0 Å². The lowest BCUT2D eigenvalue weighted by Gasteiger charge is -2.31. The van der Waals surface area contributed by atoms with Crippen LogP contribution in [0, 0.1) is 23.2 Å². The first-order valence-electron chi connectivity index (χ1n) is 6.92. The molecular weight excluding hydrogens is 278 g/mol. The molecule has 0 radical (unpaired) electrons. The highest BCUT2D eigenvalue weighted by atomic mass is 16.5. The Hall–Kier alpha value is -2.79. The van der Waals surface area contributed by atoms with Crippen LogP contribution in [0.3, 0.4) is 0 Å². The molecule has 1 aliphatic heterocycles. The van der Waals surface area contributed by atoms with E-state index in [2.05, 4.69) is 22.9 Å². The van der Waals surface area contributed by atoms with Crippen LogP contribution >= 0.6 is 0 Å². The molecule has 112 valence electrons. The number of pyridine rings is 1. The molecule has 0 N–H and O–H groups in total. The van der Waals surface area contributed by atoms with E-state index in [9.17, 15) is 4.79 Å². The van der Waals surface area contributed by atoms with Crippen LogP contribution in [0.4, 0.5) is 4.79 Å². The topological polar surface area (TPSA) is 66.2 Å². The molecule has 1 saturated heterocycles. The summed E-state index contributed by atoms with van der Waals surface area (Å²) in [4.78, 5) is 17.5. The van der Waals surface area contributed by atoms with Gasteiger partial charge < -0.3 is 4.74 Å². The summed E-state index contributed by atoms with van der Waals surface area (Å²) in [6.07, 6.45) is 3.82. The minimum atomic E-state index is -0.413. The quantitative estimate of drug-likeness (QED) is 0.690. The molecule has 0 unspecified atom stereocenters. The first-order valence-corrected chi connectivity index (χ1v) is 6.92. The zero-order valence-electron chi connectivity index (χ0n) is 12.9. The number of nitrogens with zero attached hydrogens (tertiary/aromatic N) is 3. The molecule has 1 aromatic heterocycles. The summed E-state index contributed by atoms with van der Waals surface area (Å²) < 4.78 is 4.80. The van der Waals surface area contributed by atoms with Crippen molar-refractivity contribution in [1.82, 2.24) is 9.88 Å². The van der Waals surface area contributed by atoms with Crippen LogP contribution in [0.1, 0.15) is 31.5 Å². The molecule has 1 fully saturated rings. The lowest BCUT2D eigenvalue weighted by molar-refractivity contribution is 0.105. The first kappa shape index (κ1) is 15.6. The number of amides is 1. The second kappa shape index (κ2) is 6.32. The van der Waals surface area contributed by atoms with Gasteiger partial charge in [-0.2, -0.15) is 5.26 Å². The molecule has 1 aliphatic rings. The summed E-state index contributed by atoms with van der Waals surface area (Å²) in [6.45, 7) is 4.56. The summed E-state index contributed by atoms with van der Waals surface area (Å²) in [5.41, 5.74) is 1.74. The molecule has 2 heterocycles. The molecular formula is C17H17N3O2. The number of likely N-dealkylation sites (tertiary alicyclic amines) is 1. The Kier molecular flexibility index (Phi) is 4.48. The van der Waals surface area contributed by atoms with Gasteiger partial charge in [-0.1, -0.05) is 5.92 Å². The lowest BCUT2D eigenvalue weighted by atomic mass is 9.95. The van der Waals surface area contributed by atoms with Gasteiger partial charge in [0, 0.05) is 12.7 Å². The van der Waals surface area contributed by atoms with Crippen molar-refractivity contribution in [1.29, 1.82) is 5.26 Å². The van der Waals surface area contributed by atoms with Crippen LogP contribution in [0.25, 0.3) is 0 Å². The van der Waals surface area contributed by atoms with E-state index >= 15 is 0 Å². The average molecular weight is 295 g/mol. The number of carbonyl (C=O) groups excluding carboxylic acids is 1. The van der Waals surface area contributed by atoms with Crippen molar-refractivity contribution in [3.05, 3.63) is 41.2 Å². The van der Waals surface area contributed by atoms with Crippen molar-refractivity contribution in [3.63, 3.8) is 0 Å². The average Bonchev–Trinajstić information content (AvgIpc) is 2.81. The van der Waals surface area contributed by atoms with Crippen LogP contribution in [0.2, 0.25) is 0 Å². The van der Waals surface area contributed by atoms with Gasteiger partial charge in [-0.05, 0) is 50.0 Å². The maximum Gasteiger partial charge on any atom is 0.410 e. The fourth-order valence-electron chi connectivity index (χ4n) is 2.44. The summed E-state index contributed by atoms with van der Waals surface area (Å²) in [5, 5.41) is 8.85. The summed E-state index contributed by atoms with van der Waals surface area (Å²) >= 11 is 0. The number of carbonyl (C=O) groups is 1. The molecule has 1 amide bonds. The minimum absolute atomic E-state index is 0.329. The highest BCUT2D eigenvalue weighted by Crippen LogP contribution is 2.34. The highest BCUT2D eigenvalue weighted by molar-refractivity contribution is 5.70. The molecule has 0 bridgehead atoms. The highest BCUT2D eigenvalue weighted by Gasteiger charge is 2.40. The number of methoxy groups -OCH3 is 1. The van der Waals surface area contributed by atoms with E-state index in [4.69, 9.17) is 10.00 Å². The number of allylic oxidation sites excluding steroid dienone is 1. The maximum absolute atomic E-state index is 11.7. The van der Waals surface area contributed by atoms with Gasteiger partial charge in [0.25, 0.3) is 0 Å². The molecule has 0 aliphatic carbocycles. The first-order chi connectivity index (χ1) is 10.5. The molecule has 2 rings (SSSR count). The third kappa shape index (κ3) is 3.10. The van der Waals surface area contributed by atoms with Crippen molar-refractivity contribution in [2.24, 2.45) is 0 Å². The zero-order chi connectivity index (χ0) is 16.2. The second-order valence-corrected chi connectivity index (χ2v) is 5.41. The molecule has 1 aromatic rings. The van der Waals surface area contributed by atoms with E-state index in [1.165, 1.54) is 7.11 Å². The molecule has 0 atom stereocenters. The maximum atomic E-state index is 11.7. The number of hydrogen-bond acceptors (Lipinski definition) is 4. The van der Waals surface area contributed by atoms with Crippen LogP contribution in [-0.2, 0) is 4.74 Å². The van der Waals surface area contributed by atoms with Crippen molar-refractivity contribution >= 4 is 6.09 Å². The molecule has 5 nitrogen and oxygen atoms in total. The van der Waals surface area contributed by atoms with Crippen LogP contribution in [0.15, 0.2) is 30.0 Å². The largest absolute Gasteiger partial charge is 0.453 e. The van der Waals surface area contributed by atoms with Gasteiger partial charge in [0.05, 0.1) is 24.3 Å².